The molecule has 0 saturated carbocycles. The molecule has 0 aromatic rings. The van der Waals surface area contributed by atoms with E-state index < -0.39 is 5.79 Å². The maximum atomic E-state index is 11.2. The number of hydrogen-bond donors (Lipinski definition) is 0. The Balaban J connectivity index is 4.46. The Morgan fingerprint density at radius 3 is 1.87 bits per heavy atom. The van der Waals surface area contributed by atoms with E-state index in [1.807, 2.05) is 27.7 Å². The summed E-state index contributed by atoms with van der Waals surface area (Å²) < 4.78 is 15.8. The molecule has 0 aromatic heterocycles. The third-order valence-electron chi connectivity index (χ3n) is 1.55. The Hall–Kier alpha value is 0.104. The summed E-state index contributed by atoms with van der Waals surface area (Å²) in [6, 6.07) is 0. The summed E-state index contributed by atoms with van der Waals surface area (Å²) in [7, 11) is 0. The summed E-state index contributed by atoms with van der Waals surface area (Å²) >= 11 is 1.35. The fourth-order valence-corrected chi connectivity index (χ4v) is 1.52. The Kier molecular flexibility index (Phi) is 6.68. The van der Waals surface area contributed by atoms with Gasteiger partial charge in [0, 0.05) is 0 Å². The zero-order chi connectivity index (χ0) is 12.1. The molecule has 0 N–H and O–H groups in total. The molecule has 0 rings (SSSR count). The van der Waals surface area contributed by atoms with Gasteiger partial charge in [-0.2, -0.15) is 0 Å². The molecular formula is C10H19O4Ti. The van der Waals surface area contributed by atoms with Crippen molar-refractivity contribution in [2.75, 3.05) is 0 Å². The van der Waals surface area contributed by atoms with Crippen LogP contribution in [0.4, 0.5) is 0 Å². The van der Waals surface area contributed by atoms with Gasteiger partial charge in [0.1, 0.15) is 0 Å². The number of ether oxygens (including phenoxy) is 2. The fourth-order valence-electron chi connectivity index (χ4n) is 1.41. The van der Waals surface area contributed by atoms with Gasteiger partial charge in [0.25, 0.3) is 0 Å². The molecule has 15 heavy (non-hydrogen) atoms. The molecule has 0 saturated heterocycles. The van der Waals surface area contributed by atoms with E-state index >= 15 is 0 Å². The van der Waals surface area contributed by atoms with E-state index in [2.05, 4.69) is 3.32 Å². The Morgan fingerprint density at radius 1 is 1.20 bits per heavy atom. The summed E-state index contributed by atoms with van der Waals surface area (Å²) in [6.45, 7) is 9.36. The third kappa shape index (κ3) is 7.06. The van der Waals surface area contributed by atoms with Crippen LogP contribution < -0.4 is 0 Å². The Labute approximate surface area is 104 Å². The Bertz CT molecular complexity index is 194. The summed E-state index contributed by atoms with van der Waals surface area (Å²) in [5.74, 6) is -1.24. The zero-order valence-electron chi connectivity index (χ0n) is 9.99. The summed E-state index contributed by atoms with van der Waals surface area (Å²) in [6.07, 6.45) is 0.0941. The van der Waals surface area contributed by atoms with Crippen molar-refractivity contribution in [3.8, 4) is 0 Å². The van der Waals surface area contributed by atoms with E-state index in [4.69, 9.17) is 9.47 Å². The predicted octanol–water partition coefficient (Wildman–Crippen LogP) is 1.95. The van der Waals surface area contributed by atoms with Crippen LogP contribution >= 0.6 is 0 Å². The Morgan fingerprint density at radius 2 is 1.60 bits per heavy atom. The second-order valence-electron chi connectivity index (χ2n) is 4.12. The molecule has 0 heterocycles. The van der Waals surface area contributed by atoms with Gasteiger partial charge >= 0.3 is 103 Å². The molecule has 0 bridgehead atoms. The van der Waals surface area contributed by atoms with Crippen molar-refractivity contribution in [3.63, 3.8) is 0 Å². The third-order valence-corrected chi connectivity index (χ3v) is 1.90. The average Bonchev–Trinajstić information content (AvgIpc) is 1.99. The van der Waals surface area contributed by atoms with Crippen LogP contribution in [0.2, 0.25) is 0 Å². The summed E-state index contributed by atoms with van der Waals surface area (Å²) in [5.41, 5.74) is 0. The molecule has 4 nitrogen and oxygen atoms in total. The van der Waals surface area contributed by atoms with E-state index in [0.29, 0.717) is 0 Å². The van der Waals surface area contributed by atoms with Crippen LogP contribution in [-0.2, 0) is 38.4 Å². The van der Waals surface area contributed by atoms with Gasteiger partial charge in [-0.3, -0.25) is 0 Å². The first-order valence-corrected chi connectivity index (χ1v) is 5.65. The molecule has 0 aromatic carbocycles. The van der Waals surface area contributed by atoms with Gasteiger partial charge in [-0.05, 0) is 0 Å². The van der Waals surface area contributed by atoms with Crippen molar-refractivity contribution in [2.45, 2.75) is 59.0 Å². The minimum atomic E-state index is -0.907. The van der Waals surface area contributed by atoms with Gasteiger partial charge in [0.05, 0.1) is 0 Å². The second-order valence-corrected chi connectivity index (χ2v) is 4.44. The molecule has 0 fully saturated rings. The molecule has 87 valence electrons. The normalized spacial score (nSPS) is 12.1. The molecule has 0 atom stereocenters. The van der Waals surface area contributed by atoms with Crippen molar-refractivity contribution < 1.29 is 38.4 Å². The number of hydrogen-bond acceptors (Lipinski definition) is 4. The second kappa shape index (κ2) is 6.64. The predicted molar refractivity (Wildman–Crippen MR) is 51.6 cm³/mol. The van der Waals surface area contributed by atoms with E-state index in [1.165, 1.54) is 20.8 Å². The topological polar surface area (TPSA) is 44.8 Å². The molecule has 0 aliphatic carbocycles. The summed E-state index contributed by atoms with van der Waals surface area (Å²) in [4.78, 5) is 11.2. The van der Waals surface area contributed by atoms with Crippen LogP contribution in [0.3, 0.4) is 0 Å². The van der Waals surface area contributed by atoms with Crippen molar-refractivity contribution in [3.05, 3.63) is 0 Å². The van der Waals surface area contributed by atoms with E-state index in [9.17, 15) is 4.79 Å². The SMILES string of the molecule is CC(C)OC(C)(CC(=O)[O][Ti])OC(C)C. The molecule has 0 amide bonds. The van der Waals surface area contributed by atoms with Crippen LogP contribution in [-0.4, -0.2) is 24.0 Å². The summed E-state index contributed by atoms with van der Waals surface area (Å²) in [5, 5.41) is 0. The molecular weight excluding hydrogens is 232 g/mol. The standard InChI is InChI=1S/C10H20O4.Ti/c1-7(2)13-10(5,6-9(11)12)14-8(3)4;/h7-8H,6H2,1-5H3,(H,11,12);/q;+1/p-1. The first-order chi connectivity index (χ1) is 6.79. The zero-order valence-corrected chi connectivity index (χ0v) is 11.6. The number of rotatable bonds is 6. The molecule has 5 heteroatoms. The van der Waals surface area contributed by atoms with Gasteiger partial charge in [0.2, 0.25) is 0 Å². The van der Waals surface area contributed by atoms with Crippen LogP contribution in [0.25, 0.3) is 0 Å². The number of carbonyl (C=O) groups excluding carboxylic acids is 1. The molecule has 0 radical (unpaired) electrons. The van der Waals surface area contributed by atoms with Gasteiger partial charge in [-0.1, -0.05) is 0 Å². The molecule has 0 unspecified atom stereocenters. The van der Waals surface area contributed by atoms with Crippen LogP contribution in [0.5, 0.6) is 0 Å². The number of carbonyl (C=O) groups is 1. The monoisotopic (exact) mass is 251 g/mol. The van der Waals surface area contributed by atoms with Gasteiger partial charge in [-0.25, -0.2) is 0 Å². The first-order valence-electron chi connectivity index (χ1n) is 5.01. The molecule has 0 spiro atoms. The van der Waals surface area contributed by atoms with E-state index in [-0.39, 0.29) is 24.6 Å². The molecule has 0 aliphatic heterocycles. The van der Waals surface area contributed by atoms with Crippen molar-refractivity contribution in [1.29, 1.82) is 0 Å². The van der Waals surface area contributed by atoms with E-state index in [1.54, 1.807) is 6.92 Å². The molecule has 0 aliphatic rings. The van der Waals surface area contributed by atoms with Crippen molar-refractivity contribution in [1.82, 2.24) is 0 Å². The maximum absolute atomic E-state index is 11.2. The van der Waals surface area contributed by atoms with Crippen molar-refractivity contribution >= 4 is 5.97 Å². The fraction of sp³-hybridized carbons (Fsp3) is 0.900. The van der Waals surface area contributed by atoms with Crippen LogP contribution in [0, 0.1) is 0 Å². The minimum absolute atomic E-state index is 0.00148. The quantitative estimate of drug-likeness (QED) is 0.534. The average molecular weight is 251 g/mol. The van der Waals surface area contributed by atoms with Gasteiger partial charge in [0.15, 0.2) is 0 Å². The van der Waals surface area contributed by atoms with E-state index in [0.717, 1.165) is 0 Å². The first kappa shape index (κ1) is 15.1. The van der Waals surface area contributed by atoms with Crippen molar-refractivity contribution in [2.24, 2.45) is 0 Å². The van der Waals surface area contributed by atoms with Gasteiger partial charge in [-0.15, -0.1) is 0 Å². The van der Waals surface area contributed by atoms with Crippen LogP contribution in [0.1, 0.15) is 41.0 Å². The van der Waals surface area contributed by atoms with Crippen LogP contribution in [0.15, 0.2) is 0 Å². The van der Waals surface area contributed by atoms with Gasteiger partial charge < -0.3 is 0 Å².